The van der Waals surface area contributed by atoms with Gasteiger partial charge in [0, 0.05) is 67.5 Å². The summed E-state index contributed by atoms with van der Waals surface area (Å²) in [6.07, 6.45) is 11.3. The van der Waals surface area contributed by atoms with E-state index in [1.165, 1.54) is 24.2 Å². The van der Waals surface area contributed by atoms with Gasteiger partial charge in [-0.1, -0.05) is 18.6 Å². The molecule has 280 valence electrons. The Kier molecular flexibility index (Phi) is 7.83. The van der Waals surface area contributed by atoms with Crippen molar-refractivity contribution in [3.8, 4) is 11.3 Å². The second-order valence-electron chi connectivity index (χ2n) is 17.5. The molecule has 4 aliphatic heterocycles. The summed E-state index contributed by atoms with van der Waals surface area (Å²) in [5.74, 6) is 1.35. The van der Waals surface area contributed by atoms with Crippen molar-refractivity contribution in [1.29, 1.82) is 0 Å². The fourth-order valence-corrected chi connectivity index (χ4v) is 10.8. The van der Waals surface area contributed by atoms with Crippen LogP contribution in [0.25, 0.3) is 22.3 Å². The van der Waals surface area contributed by atoms with Gasteiger partial charge < -0.3 is 34.6 Å². The van der Waals surface area contributed by atoms with Crippen LogP contribution in [0.2, 0.25) is 0 Å². The topological polar surface area (TPSA) is 127 Å². The van der Waals surface area contributed by atoms with Gasteiger partial charge in [-0.25, -0.2) is 14.8 Å². The van der Waals surface area contributed by atoms with Crippen molar-refractivity contribution in [1.82, 2.24) is 29.2 Å². The number of rotatable bonds is 7. The third kappa shape index (κ3) is 5.36. The molecule has 0 unspecified atom stereocenters. The third-order valence-electron chi connectivity index (χ3n) is 14.1. The second kappa shape index (κ2) is 12.4. The molecule has 3 saturated heterocycles. The van der Waals surface area contributed by atoms with Crippen molar-refractivity contribution in [2.24, 2.45) is 17.8 Å². The molecule has 6 heterocycles. The lowest BCUT2D eigenvalue weighted by Crippen LogP contribution is -2.62. The fourth-order valence-electron chi connectivity index (χ4n) is 10.8. The zero-order chi connectivity index (χ0) is 36.2. The number of aromatic nitrogens is 3. The van der Waals surface area contributed by atoms with Crippen LogP contribution in [-0.4, -0.2) is 110 Å². The molecule has 0 radical (unpaired) electrons. The van der Waals surface area contributed by atoms with Crippen LogP contribution in [-0.2, 0) is 15.0 Å². The Bertz CT molecular complexity index is 1960. The Hall–Kier alpha value is -4.19. The molecule has 53 heavy (non-hydrogen) atoms. The van der Waals surface area contributed by atoms with E-state index < -0.39 is 11.5 Å². The summed E-state index contributed by atoms with van der Waals surface area (Å²) in [5, 5.41) is 13.2. The molecule has 2 N–H and O–H groups in total. The summed E-state index contributed by atoms with van der Waals surface area (Å²) < 4.78 is 2.19. The third-order valence-corrected chi connectivity index (χ3v) is 14.1. The lowest BCUT2D eigenvalue weighted by Gasteiger charge is -2.53. The first-order chi connectivity index (χ1) is 25.7. The van der Waals surface area contributed by atoms with Gasteiger partial charge in [-0.3, -0.25) is 9.59 Å². The predicted octanol–water partition coefficient (Wildman–Crippen LogP) is 5.72. The average Bonchev–Trinajstić information content (AvgIpc) is 3.81. The molecule has 12 heteroatoms. The smallest absolute Gasteiger partial charge is 0.407 e. The molecule has 3 aliphatic carbocycles. The van der Waals surface area contributed by atoms with Gasteiger partial charge in [-0.05, 0) is 114 Å². The van der Waals surface area contributed by atoms with Gasteiger partial charge in [0.1, 0.15) is 5.52 Å². The number of pyridine rings is 1. The molecule has 2 bridgehead atoms. The zero-order valence-electron chi connectivity index (χ0n) is 31.0. The SMILES string of the molecule is CC(C)n1cnc2cc(-c3ccc4c(c3)N([C@H]3C[C@@H](N5CCCCC5)C3)C(=O)C43CCN(C(=O)[C@H]4[C@@H]5C[C@H]4CN(C(=O)O)C5)CC3)nc(NC3CC3)c21. The Morgan fingerprint density at radius 2 is 1.66 bits per heavy atom. The first-order valence-corrected chi connectivity index (χ1v) is 20.3. The Balaban J connectivity index is 0.955. The Labute approximate surface area is 310 Å². The van der Waals surface area contributed by atoms with Crippen LogP contribution < -0.4 is 10.2 Å². The number of likely N-dealkylation sites (tertiary alicyclic amines) is 3. The van der Waals surface area contributed by atoms with E-state index in [2.05, 4.69) is 57.8 Å². The van der Waals surface area contributed by atoms with Crippen LogP contribution in [0.5, 0.6) is 0 Å². The molecule has 10 rings (SSSR count). The quantitative estimate of drug-likeness (QED) is 0.318. The van der Waals surface area contributed by atoms with Gasteiger partial charge in [-0.2, -0.15) is 0 Å². The number of nitrogens with zero attached hydrogens (tertiary/aromatic N) is 7. The van der Waals surface area contributed by atoms with Crippen LogP contribution in [0.1, 0.15) is 89.7 Å². The minimum atomic E-state index is -0.890. The van der Waals surface area contributed by atoms with Crippen LogP contribution in [0.4, 0.5) is 16.3 Å². The lowest BCUT2D eigenvalue weighted by molar-refractivity contribution is -0.154. The number of imidazole rings is 1. The summed E-state index contributed by atoms with van der Waals surface area (Å²) in [6, 6.07) is 10.0. The van der Waals surface area contributed by atoms with E-state index in [1.54, 1.807) is 0 Å². The van der Waals surface area contributed by atoms with Crippen molar-refractivity contribution >= 4 is 40.4 Å². The normalized spacial score (nSPS) is 29.4. The number of benzene rings is 1. The van der Waals surface area contributed by atoms with Crippen LogP contribution in [0.3, 0.4) is 0 Å². The summed E-state index contributed by atoms with van der Waals surface area (Å²) in [7, 11) is 0. The van der Waals surface area contributed by atoms with E-state index >= 15 is 0 Å². The maximum absolute atomic E-state index is 15.0. The highest BCUT2D eigenvalue weighted by molar-refractivity contribution is 6.09. The highest BCUT2D eigenvalue weighted by Crippen LogP contribution is 2.53. The van der Waals surface area contributed by atoms with Crippen molar-refractivity contribution in [2.45, 2.75) is 108 Å². The van der Waals surface area contributed by atoms with Gasteiger partial charge in [0.2, 0.25) is 11.8 Å². The van der Waals surface area contributed by atoms with Gasteiger partial charge in [0.25, 0.3) is 0 Å². The number of amides is 3. The number of fused-ring (bicyclic) bond motifs is 5. The largest absolute Gasteiger partial charge is 0.465 e. The predicted molar refractivity (Wildman–Crippen MR) is 202 cm³/mol. The fraction of sp³-hybridized carbons (Fsp3) is 0.634. The summed E-state index contributed by atoms with van der Waals surface area (Å²) >= 11 is 0. The van der Waals surface area contributed by atoms with Crippen molar-refractivity contribution in [3.63, 3.8) is 0 Å². The van der Waals surface area contributed by atoms with Gasteiger partial charge in [-0.15, -0.1) is 0 Å². The monoisotopic (exact) mass is 720 g/mol. The van der Waals surface area contributed by atoms with Crippen LogP contribution >= 0.6 is 0 Å². The molecule has 3 saturated carbocycles. The molecule has 12 nitrogen and oxygen atoms in total. The van der Waals surface area contributed by atoms with E-state index in [1.807, 2.05) is 11.2 Å². The summed E-state index contributed by atoms with van der Waals surface area (Å²) in [6.45, 7) is 8.65. The van der Waals surface area contributed by atoms with Gasteiger partial charge in [0.15, 0.2) is 5.82 Å². The molecule has 6 fully saturated rings. The maximum atomic E-state index is 15.0. The van der Waals surface area contributed by atoms with E-state index in [4.69, 9.17) is 9.97 Å². The first kappa shape index (κ1) is 33.4. The maximum Gasteiger partial charge on any atom is 0.407 e. The number of hydrogen-bond acceptors (Lipinski definition) is 7. The molecule has 3 amide bonds. The van der Waals surface area contributed by atoms with Crippen molar-refractivity contribution < 1.29 is 19.5 Å². The number of piperidine rings is 4. The van der Waals surface area contributed by atoms with Crippen molar-refractivity contribution in [2.75, 3.05) is 49.5 Å². The Morgan fingerprint density at radius 1 is 0.925 bits per heavy atom. The average molecular weight is 721 g/mol. The molecule has 2 aromatic heterocycles. The Morgan fingerprint density at radius 3 is 2.34 bits per heavy atom. The molecular formula is C41H52N8O4. The number of carbonyl (C=O) groups excluding carboxylic acids is 2. The van der Waals surface area contributed by atoms with E-state index in [0.29, 0.717) is 51.1 Å². The number of carboxylic acid groups (broad SMARTS) is 1. The molecular weight excluding hydrogens is 669 g/mol. The highest BCUT2D eigenvalue weighted by atomic mass is 16.4. The second-order valence-corrected chi connectivity index (χ2v) is 17.5. The van der Waals surface area contributed by atoms with Gasteiger partial charge in [0.05, 0.1) is 23.0 Å². The minimum absolute atomic E-state index is 0.0944. The lowest BCUT2D eigenvalue weighted by atomic mass is 9.61. The van der Waals surface area contributed by atoms with E-state index in [9.17, 15) is 19.5 Å². The standard InChI is InChI=1S/C41H52N8O4/c1-24(2)48-23-42-33-20-32(44-37(36(33)48)43-28-7-8-28)25-6-9-31-34(17-25)49(30-18-29(19-30)45-12-4-3-5-13-45)39(51)41(31)10-14-46(15-11-41)38(50)35-26-16-27(35)22-47(21-26)40(52)53/h6,9,17,20,23-24,26-30,35H,3-5,7-8,10-16,18-19,21-22H2,1-2H3,(H,43,44)(H,52,53)/t26-,27+,29-,30+,35+. The molecule has 7 aliphatic rings. The van der Waals surface area contributed by atoms with Crippen molar-refractivity contribution in [3.05, 3.63) is 36.2 Å². The summed E-state index contributed by atoms with van der Waals surface area (Å²) in [4.78, 5) is 58.7. The molecule has 1 spiro atoms. The van der Waals surface area contributed by atoms with Crippen LogP contribution in [0.15, 0.2) is 30.6 Å². The van der Waals surface area contributed by atoms with E-state index in [0.717, 1.165) is 84.6 Å². The van der Waals surface area contributed by atoms with Crippen LogP contribution in [0, 0.1) is 17.8 Å². The molecule has 1 aromatic carbocycles. The highest BCUT2D eigenvalue weighted by Gasteiger charge is 2.58. The number of anilines is 2. The first-order valence-electron chi connectivity index (χ1n) is 20.3. The summed E-state index contributed by atoms with van der Waals surface area (Å²) in [5.41, 5.74) is 5.27. The number of hydrogen-bond donors (Lipinski definition) is 2. The zero-order valence-corrected chi connectivity index (χ0v) is 31.0. The van der Waals surface area contributed by atoms with E-state index in [-0.39, 0.29) is 41.7 Å². The molecule has 3 atom stereocenters. The number of nitrogens with one attached hydrogen (secondary N) is 1. The number of carbonyl (C=O) groups is 3. The van der Waals surface area contributed by atoms with Gasteiger partial charge >= 0.3 is 6.09 Å². The minimum Gasteiger partial charge on any atom is -0.465 e. The molecule has 3 aromatic rings.